The highest BCUT2D eigenvalue weighted by Gasteiger charge is 2.26. The molecule has 0 radical (unpaired) electrons. The fourth-order valence-electron chi connectivity index (χ4n) is 3.67. The minimum absolute atomic E-state index is 0.0588. The number of pyridine rings is 1. The molecule has 6 heteroatoms. The molecule has 2 aliphatic rings. The number of ether oxygens (including phenoxy) is 1. The summed E-state index contributed by atoms with van der Waals surface area (Å²) in [4.78, 5) is 21.6. The highest BCUT2D eigenvalue weighted by molar-refractivity contribution is 5.93. The molecule has 0 atom stereocenters. The molecule has 2 aromatic rings. The van der Waals surface area contributed by atoms with Gasteiger partial charge >= 0.3 is 0 Å². The van der Waals surface area contributed by atoms with E-state index in [-0.39, 0.29) is 5.91 Å². The Hall–Kier alpha value is -1.92. The van der Waals surface area contributed by atoms with E-state index in [0.29, 0.717) is 11.6 Å². The van der Waals surface area contributed by atoms with Gasteiger partial charge in [0.15, 0.2) is 0 Å². The first kappa shape index (κ1) is 15.6. The van der Waals surface area contributed by atoms with Crippen molar-refractivity contribution in [3.8, 4) is 0 Å². The minimum Gasteiger partial charge on any atom is -0.379 e. The second-order valence-corrected chi connectivity index (χ2v) is 6.74. The minimum atomic E-state index is 0.0588. The zero-order valence-corrected chi connectivity index (χ0v) is 13.9. The molecule has 6 nitrogen and oxygen atoms in total. The Morgan fingerprint density at radius 1 is 1.17 bits per heavy atom. The molecular weight excluding hydrogens is 304 g/mol. The zero-order chi connectivity index (χ0) is 16.4. The van der Waals surface area contributed by atoms with E-state index in [0.717, 1.165) is 64.4 Å². The highest BCUT2D eigenvalue weighted by atomic mass is 16.5. The number of carbonyl (C=O) groups is 1. The molecule has 4 rings (SSSR count). The van der Waals surface area contributed by atoms with Gasteiger partial charge in [-0.1, -0.05) is 6.07 Å². The zero-order valence-electron chi connectivity index (χ0n) is 13.9. The third-order valence-electron chi connectivity index (χ3n) is 5.10. The van der Waals surface area contributed by atoms with Crippen molar-refractivity contribution in [2.75, 3.05) is 45.9 Å². The van der Waals surface area contributed by atoms with Gasteiger partial charge < -0.3 is 14.0 Å². The number of piperidine rings is 1. The van der Waals surface area contributed by atoms with Crippen molar-refractivity contribution in [2.45, 2.75) is 12.8 Å². The molecule has 2 fully saturated rings. The number of nitrogens with zero attached hydrogens (tertiary/aromatic N) is 4. The summed E-state index contributed by atoms with van der Waals surface area (Å²) in [6.07, 6.45) is 5.91. The van der Waals surface area contributed by atoms with Crippen LogP contribution in [-0.4, -0.2) is 71.0 Å². The van der Waals surface area contributed by atoms with Gasteiger partial charge in [-0.05, 0) is 30.9 Å². The Labute approximate surface area is 142 Å². The molecule has 128 valence electrons. The van der Waals surface area contributed by atoms with Crippen LogP contribution in [0.25, 0.3) is 5.65 Å². The van der Waals surface area contributed by atoms with Gasteiger partial charge in [-0.25, -0.2) is 4.98 Å². The number of rotatable bonds is 3. The van der Waals surface area contributed by atoms with Gasteiger partial charge in [0.05, 0.1) is 13.2 Å². The molecule has 2 saturated heterocycles. The molecule has 0 saturated carbocycles. The van der Waals surface area contributed by atoms with Crippen LogP contribution in [0.3, 0.4) is 0 Å². The molecule has 0 bridgehead atoms. The van der Waals surface area contributed by atoms with Crippen LogP contribution >= 0.6 is 0 Å². The number of hydrogen-bond acceptors (Lipinski definition) is 4. The summed E-state index contributed by atoms with van der Waals surface area (Å²) in [7, 11) is 0. The summed E-state index contributed by atoms with van der Waals surface area (Å²) in [5.74, 6) is 0.747. The van der Waals surface area contributed by atoms with Crippen LogP contribution in [-0.2, 0) is 4.74 Å². The second kappa shape index (κ2) is 6.91. The SMILES string of the molecule is O=C(c1cn2ccccc2n1)N1CCC(CN2CCOCC2)CC1. The van der Waals surface area contributed by atoms with Gasteiger partial charge in [0.25, 0.3) is 5.91 Å². The van der Waals surface area contributed by atoms with Crippen molar-refractivity contribution in [3.05, 3.63) is 36.3 Å². The number of morpholine rings is 1. The Balaban J connectivity index is 1.34. The average Bonchev–Trinajstić information content (AvgIpc) is 3.07. The van der Waals surface area contributed by atoms with E-state index in [2.05, 4.69) is 9.88 Å². The molecule has 2 aliphatic heterocycles. The lowest BCUT2D eigenvalue weighted by atomic mass is 9.96. The van der Waals surface area contributed by atoms with Crippen LogP contribution in [0.5, 0.6) is 0 Å². The topological polar surface area (TPSA) is 50.1 Å². The van der Waals surface area contributed by atoms with Gasteiger partial charge in [-0.15, -0.1) is 0 Å². The Morgan fingerprint density at radius 3 is 2.71 bits per heavy atom. The van der Waals surface area contributed by atoms with Crippen molar-refractivity contribution in [1.29, 1.82) is 0 Å². The predicted molar refractivity (Wildman–Crippen MR) is 91.1 cm³/mol. The van der Waals surface area contributed by atoms with Gasteiger partial charge in [0.1, 0.15) is 11.3 Å². The molecule has 0 spiro atoms. The van der Waals surface area contributed by atoms with Gasteiger partial charge in [-0.2, -0.15) is 0 Å². The Kier molecular flexibility index (Phi) is 4.49. The molecule has 0 aliphatic carbocycles. The smallest absolute Gasteiger partial charge is 0.274 e. The van der Waals surface area contributed by atoms with E-state index in [9.17, 15) is 4.79 Å². The number of hydrogen-bond donors (Lipinski definition) is 0. The number of imidazole rings is 1. The molecule has 0 N–H and O–H groups in total. The molecule has 2 aromatic heterocycles. The third kappa shape index (κ3) is 3.30. The molecule has 1 amide bonds. The van der Waals surface area contributed by atoms with Crippen LogP contribution in [0.1, 0.15) is 23.3 Å². The number of amides is 1. The molecule has 4 heterocycles. The van der Waals surface area contributed by atoms with Crippen LogP contribution in [0.2, 0.25) is 0 Å². The van der Waals surface area contributed by atoms with E-state index in [1.54, 1.807) is 0 Å². The van der Waals surface area contributed by atoms with Crippen LogP contribution in [0.15, 0.2) is 30.6 Å². The predicted octanol–water partition coefficient (Wildman–Crippen LogP) is 1.52. The Bertz CT molecular complexity index is 667. The van der Waals surface area contributed by atoms with Gasteiger partial charge in [0, 0.05) is 45.1 Å². The van der Waals surface area contributed by atoms with E-state index in [1.807, 2.05) is 39.9 Å². The monoisotopic (exact) mass is 328 g/mol. The lowest BCUT2D eigenvalue weighted by Gasteiger charge is -2.35. The average molecular weight is 328 g/mol. The number of aromatic nitrogens is 2. The number of likely N-dealkylation sites (tertiary alicyclic amines) is 1. The van der Waals surface area contributed by atoms with Gasteiger partial charge in [-0.3, -0.25) is 9.69 Å². The van der Waals surface area contributed by atoms with E-state index in [1.165, 1.54) is 0 Å². The quantitative estimate of drug-likeness (QED) is 0.857. The normalized spacial score (nSPS) is 20.6. The van der Waals surface area contributed by atoms with E-state index in [4.69, 9.17) is 4.74 Å². The maximum atomic E-state index is 12.7. The summed E-state index contributed by atoms with van der Waals surface area (Å²) in [5, 5.41) is 0. The Morgan fingerprint density at radius 2 is 1.96 bits per heavy atom. The van der Waals surface area contributed by atoms with E-state index < -0.39 is 0 Å². The molecule has 0 unspecified atom stereocenters. The summed E-state index contributed by atoms with van der Waals surface area (Å²) >= 11 is 0. The van der Waals surface area contributed by atoms with Crippen LogP contribution in [0, 0.1) is 5.92 Å². The van der Waals surface area contributed by atoms with Crippen molar-refractivity contribution >= 4 is 11.6 Å². The van der Waals surface area contributed by atoms with Crippen molar-refractivity contribution < 1.29 is 9.53 Å². The molecule has 24 heavy (non-hydrogen) atoms. The fourth-order valence-corrected chi connectivity index (χ4v) is 3.67. The second-order valence-electron chi connectivity index (χ2n) is 6.74. The summed E-state index contributed by atoms with van der Waals surface area (Å²) < 4.78 is 7.31. The number of fused-ring (bicyclic) bond motifs is 1. The van der Waals surface area contributed by atoms with Gasteiger partial charge in [0.2, 0.25) is 0 Å². The van der Waals surface area contributed by atoms with Crippen LogP contribution < -0.4 is 0 Å². The largest absolute Gasteiger partial charge is 0.379 e. The third-order valence-corrected chi connectivity index (χ3v) is 5.10. The first-order chi connectivity index (χ1) is 11.8. The molecular formula is C18H24N4O2. The molecule has 0 aromatic carbocycles. The summed E-state index contributed by atoms with van der Waals surface area (Å²) in [5.41, 5.74) is 1.37. The summed E-state index contributed by atoms with van der Waals surface area (Å²) in [6.45, 7) is 6.60. The number of carbonyl (C=O) groups excluding carboxylic acids is 1. The van der Waals surface area contributed by atoms with Crippen LogP contribution in [0.4, 0.5) is 0 Å². The van der Waals surface area contributed by atoms with Crippen molar-refractivity contribution in [3.63, 3.8) is 0 Å². The van der Waals surface area contributed by atoms with Crippen molar-refractivity contribution in [2.24, 2.45) is 5.92 Å². The highest BCUT2D eigenvalue weighted by Crippen LogP contribution is 2.20. The maximum absolute atomic E-state index is 12.7. The first-order valence-corrected chi connectivity index (χ1v) is 8.83. The summed E-state index contributed by atoms with van der Waals surface area (Å²) in [6, 6.07) is 5.80. The van der Waals surface area contributed by atoms with Crippen molar-refractivity contribution in [1.82, 2.24) is 19.2 Å². The lowest BCUT2D eigenvalue weighted by molar-refractivity contribution is 0.0242. The standard InChI is InChI=1S/C18H24N4O2/c23-18(16-14-22-6-2-1-3-17(22)19-16)21-7-4-15(5-8-21)13-20-9-11-24-12-10-20/h1-3,6,14-15H,4-5,7-13H2. The fraction of sp³-hybridized carbons (Fsp3) is 0.556. The maximum Gasteiger partial charge on any atom is 0.274 e. The lowest BCUT2D eigenvalue weighted by Crippen LogP contribution is -2.44. The van der Waals surface area contributed by atoms with E-state index >= 15 is 0 Å². The first-order valence-electron chi connectivity index (χ1n) is 8.83.